The third-order valence-electron chi connectivity index (χ3n) is 2.39. The second-order valence-corrected chi connectivity index (χ2v) is 3.41. The summed E-state index contributed by atoms with van der Waals surface area (Å²) < 4.78 is 0. The van der Waals surface area contributed by atoms with Crippen LogP contribution in [0.1, 0.15) is 5.56 Å². The van der Waals surface area contributed by atoms with Gasteiger partial charge in [-0.25, -0.2) is 4.79 Å². The summed E-state index contributed by atoms with van der Waals surface area (Å²) in [5.41, 5.74) is 2.17. The maximum Gasteiger partial charge on any atom is 0.411 e. The lowest BCUT2D eigenvalue weighted by atomic mass is 10.1. The molecule has 1 aromatic carbocycles. The van der Waals surface area contributed by atoms with Crippen molar-refractivity contribution >= 4 is 23.4 Å². The first kappa shape index (κ1) is 9.51. The summed E-state index contributed by atoms with van der Waals surface area (Å²) in [4.78, 5) is 22.9. The van der Waals surface area contributed by atoms with Crippen LogP contribution in [0.15, 0.2) is 18.2 Å². The minimum Gasteiger partial charge on any atom is -0.465 e. The lowest BCUT2D eigenvalue weighted by molar-refractivity contribution is -0.115. The van der Waals surface area contributed by atoms with Crippen molar-refractivity contribution in [2.45, 2.75) is 6.42 Å². The Morgan fingerprint density at radius 2 is 2.27 bits per heavy atom. The molecule has 1 aromatic rings. The van der Waals surface area contributed by atoms with Crippen molar-refractivity contribution in [2.24, 2.45) is 0 Å². The molecular formula is C10H10N2O3. The molecule has 0 radical (unpaired) electrons. The molecule has 2 amide bonds. The molecule has 2 rings (SSSR count). The molecule has 0 spiro atoms. The molecule has 0 saturated heterocycles. The van der Waals surface area contributed by atoms with Gasteiger partial charge in [0.05, 0.1) is 6.42 Å². The van der Waals surface area contributed by atoms with E-state index in [1.54, 1.807) is 18.2 Å². The molecule has 0 unspecified atom stereocenters. The summed E-state index contributed by atoms with van der Waals surface area (Å²) in [6.45, 7) is 0. The van der Waals surface area contributed by atoms with Crippen LogP contribution in [0.4, 0.5) is 16.2 Å². The summed E-state index contributed by atoms with van der Waals surface area (Å²) in [5.74, 6) is -0.0554. The molecule has 0 bridgehead atoms. The first-order valence-corrected chi connectivity index (χ1v) is 4.47. The van der Waals surface area contributed by atoms with Crippen molar-refractivity contribution in [1.82, 2.24) is 0 Å². The molecule has 15 heavy (non-hydrogen) atoms. The zero-order chi connectivity index (χ0) is 11.0. The van der Waals surface area contributed by atoms with Gasteiger partial charge >= 0.3 is 6.09 Å². The van der Waals surface area contributed by atoms with E-state index in [0.29, 0.717) is 12.1 Å². The highest BCUT2D eigenvalue weighted by molar-refractivity contribution is 6.00. The monoisotopic (exact) mass is 206 g/mol. The fourth-order valence-corrected chi connectivity index (χ4v) is 1.53. The summed E-state index contributed by atoms with van der Waals surface area (Å²) in [5, 5.41) is 11.5. The summed E-state index contributed by atoms with van der Waals surface area (Å²) in [6.07, 6.45) is -0.705. The summed E-state index contributed by atoms with van der Waals surface area (Å²) >= 11 is 0. The van der Waals surface area contributed by atoms with E-state index in [9.17, 15) is 9.59 Å². The predicted molar refractivity (Wildman–Crippen MR) is 55.2 cm³/mol. The van der Waals surface area contributed by atoms with E-state index in [4.69, 9.17) is 5.11 Å². The Bertz CT molecular complexity index is 442. The number of carbonyl (C=O) groups is 2. The van der Waals surface area contributed by atoms with Gasteiger partial charge in [0.25, 0.3) is 0 Å². The third kappa shape index (κ3) is 1.63. The van der Waals surface area contributed by atoms with Crippen LogP contribution in [0.2, 0.25) is 0 Å². The fourth-order valence-electron chi connectivity index (χ4n) is 1.53. The quantitative estimate of drug-likeness (QED) is 0.727. The van der Waals surface area contributed by atoms with Crippen LogP contribution >= 0.6 is 0 Å². The van der Waals surface area contributed by atoms with E-state index in [1.165, 1.54) is 7.05 Å². The van der Waals surface area contributed by atoms with Crippen molar-refractivity contribution in [1.29, 1.82) is 0 Å². The SMILES string of the molecule is CN(C(=O)O)c1ccc2c(c1)CC(=O)N2. The van der Waals surface area contributed by atoms with Gasteiger partial charge in [-0.2, -0.15) is 0 Å². The minimum absolute atomic E-state index is 0.0554. The van der Waals surface area contributed by atoms with Crippen LogP contribution in [0.5, 0.6) is 0 Å². The molecule has 0 atom stereocenters. The number of nitrogens with zero attached hydrogens (tertiary/aromatic N) is 1. The highest BCUT2D eigenvalue weighted by Gasteiger charge is 2.19. The number of carbonyl (C=O) groups excluding carboxylic acids is 1. The maximum atomic E-state index is 11.1. The van der Waals surface area contributed by atoms with Gasteiger partial charge in [0, 0.05) is 18.4 Å². The highest BCUT2D eigenvalue weighted by atomic mass is 16.4. The molecule has 1 aliphatic heterocycles. The number of hydrogen-bond acceptors (Lipinski definition) is 2. The molecule has 0 fully saturated rings. The van der Waals surface area contributed by atoms with E-state index in [1.807, 2.05) is 0 Å². The second kappa shape index (κ2) is 3.27. The number of hydrogen-bond donors (Lipinski definition) is 2. The normalized spacial score (nSPS) is 13.3. The van der Waals surface area contributed by atoms with Crippen LogP contribution in [-0.2, 0) is 11.2 Å². The van der Waals surface area contributed by atoms with E-state index in [2.05, 4.69) is 5.32 Å². The molecule has 0 saturated carbocycles. The maximum absolute atomic E-state index is 11.1. The average Bonchev–Trinajstić information content (AvgIpc) is 2.55. The lowest BCUT2D eigenvalue weighted by Crippen LogP contribution is -2.23. The molecule has 5 nitrogen and oxygen atoms in total. The number of anilines is 2. The van der Waals surface area contributed by atoms with E-state index in [-0.39, 0.29) is 5.91 Å². The van der Waals surface area contributed by atoms with E-state index in [0.717, 1.165) is 16.2 Å². The van der Waals surface area contributed by atoms with Gasteiger partial charge in [-0.05, 0) is 23.8 Å². The second-order valence-electron chi connectivity index (χ2n) is 3.41. The predicted octanol–water partition coefficient (Wildman–Crippen LogP) is 1.30. The largest absolute Gasteiger partial charge is 0.465 e. The number of carboxylic acid groups (broad SMARTS) is 1. The first-order chi connectivity index (χ1) is 7.08. The lowest BCUT2D eigenvalue weighted by Gasteiger charge is -2.13. The van der Waals surface area contributed by atoms with E-state index < -0.39 is 6.09 Å². The van der Waals surface area contributed by atoms with Crippen molar-refractivity contribution in [3.63, 3.8) is 0 Å². The summed E-state index contributed by atoms with van der Waals surface area (Å²) in [7, 11) is 1.47. The number of benzene rings is 1. The van der Waals surface area contributed by atoms with Gasteiger partial charge in [-0.1, -0.05) is 0 Å². The van der Waals surface area contributed by atoms with Crippen molar-refractivity contribution in [3.8, 4) is 0 Å². The molecule has 78 valence electrons. The molecular weight excluding hydrogens is 196 g/mol. The van der Waals surface area contributed by atoms with Crippen LogP contribution < -0.4 is 10.2 Å². The molecule has 5 heteroatoms. The van der Waals surface area contributed by atoms with Gasteiger partial charge in [-0.3, -0.25) is 9.69 Å². The van der Waals surface area contributed by atoms with Gasteiger partial charge in [0.15, 0.2) is 0 Å². The van der Waals surface area contributed by atoms with Crippen molar-refractivity contribution in [2.75, 3.05) is 17.3 Å². The number of rotatable bonds is 1. The minimum atomic E-state index is -1.02. The smallest absolute Gasteiger partial charge is 0.411 e. The van der Waals surface area contributed by atoms with Crippen LogP contribution in [0, 0.1) is 0 Å². The molecule has 1 aliphatic rings. The first-order valence-electron chi connectivity index (χ1n) is 4.47. The topological polar surface area (TPSA) is 69.6 Å². The zero-order valence-corrected chi connectivity index (χ0v) is 8.15. The van der Waals surface area contributed by atoms with Gasteiger partial charge in [0.1, 0.15) is 0 Å². The number of amides is 2. The Morgan fingerprint density at radius 1 is 1.53 bits per heavy atom. The highest BCUT2D eigenvalue weighted by Crippen LogP contribution is 2.27. The number of fused-ring (bicyclic) bond motifs is 1. The van der Waals surface area contributed by atoms with Gasteiger partial charge < -0.3 is 10.4 Å². The zero-order valence-electron chi connectivity index (χ0n) is 8.15. The Kier molecular flexibility index (Phi) is 2.07. The van der Waals surface area contributed by atoms with Crippen LogP contribution in [0.3, 0.4) is 0 Å². The Morgan fingerprint density at radius 3 is 2.93 bits per heavy atom. The fraction of sp³-hybridized carbons (Fsp3) is 0.200. The Balaban J connectivity index is 2.35. The van der Waals surface area contributed by atoms with Crippen molar-refractivity contribution in [3.05, 3.63) is 23.8 Å². The number of nitrogens with one attached hydrogen (secondary N) is 1. The molecule has 0 aromatic heterocycles. The Hall–Kier alpha value is -2.04. The van der Waals surface area contributed by atoms with Gasteiger partial charge in [-0.15, -0.1) is 0 Å². The average molecular weight is 206 g/mol. The van der Waals surface area contributed by atoms with E-state index >= 15 is 0 Å². The van der Waals surface area contributed by atoms with Crippen LogP contribution in [0.25, 0.3) is 0 Å². The molecule has 1 heterocycles. The third-order valence-corrected chi connectivity index (χ3v) is 2.39. The standard InChI is InChI=1S/C10H10N2O3/c1-12(10(14)15)7-2-3-8-6(4-7)5-9(13)11-8/h2-4H,5H2,1H3,(H,11,13)(H,14,15). The van der Waals surface area contributed by atoms with Crippen molar-refractivity contribution < 1.29 is 14.7 Å². The Labute approximate surface area is 86.3 Å². The van der Waals surface area contributed by atoms with Gasteiger partial charge in [0.2, 0.25) is 5.91 Å². The molecule has 0 aliphatic carbocycles. The van der Waals surface area contributed by atoms with Crippen LogP contribution in [-0.4, -0.2) is 24.2 Å². The summed E-state index contributed by atoms with van der Waals surface area (Å²) in [6, 6.07) is 5.09. The molecule has 2 N–H and O–H groups in total.